The second kappa shape index (κ2) is 5.51. The number of aryl methyl sites for hydroxylation is 1. The van der Waals surface area contributed by atoms with Gasteiger partial charge in [0, 0.05) is 49.9 Å². The summed E-state index contributed by atoms with van der Waals surface area (Å²) in [6, 6.07) is 0.660. The van der Waals surface area contributed by atoms with Crippen LogP contribution in [0.3, 0.4) is 0 Å². The number of rotatable bonds is 2. The van der Waals surface area contributed by atoms with Crippen LogP contribution in [0.4, 0.5) is 4.79 Å². The lowest BCUT2D eigenvalue weighted by atomic mass is 9.78. The normalized spacial score (nSPS) is 28.2. The Kier molecular flexibility index (Phi) is 3.59. The Morgan fingerprint density at radius 2 is 2.04 bits per heavy atom. The van der Waals surface area contributed by atoms with Gasteiger partial charge in [0.15, 0.2) is 0 Å². The van der Waals surface area contributed by atoms with Crippen LogP contribution in [0.25, 0.3) is 0 Å². The molecule has 23 heavy (non-hydrogen) atoms. The van der Waals surface area contributed by atoms with E-state index in [1.54, 1.807) is 4.90 Å². The van der Waals surface area contributed by atoms with E-state index in [-0.39, 0.29) is 0 Å². The van der Waals surface area contributed by atoms with E-state index in [0.717, 1.165) is 26.2 Å². The van der Waals surface area contributed by atoms with Crippen LogP contribution in [0.15, 0.2) is 12.4 Å². The molecule has 2 aliphatic heterocycles. The first kappa shape index (κ1) is 15.0. The number of likely N-dealkylation sites (tertiary alicyclic amines) is 2. The van der Waals surface area contributed by atoms with Crippen LogP contribution in [0.2, 0.25) is 0 Å². The fourth-order valence-corrected chi connectivity index (χ4v) is 4.97. The Morgan fingerprint density at radius 3 is 2.65 bits per heavy atom. The zero-order valence-electron chi connectivity index (χ0n) is 13.8. The van der Waals surface area contributed by atoms with E-state index in [4.69, 9.17) is 5.11 Å². The van der Waals surface area contributed by atoms with Gasteiger partial charge in [-0.25, -0.2) is 9.78 Å². The largest absolute Gasteiger partial charge is 0.465 e. The van der Waals surface area contributed by atoms with Crippen LogP contribution in [0.5, 0.6) is 0 Å². The third-order valence-corrected chi connectivity index (χ3v) is 6.27. The highest BCUT2D eigenvalue weighted by Gasteiger charge is 2.50. The van der Waals surface area contributed by atoms with Gasteiger partial charge < -0.3 is 19.5 Å². The number of imidazole rings is 1. The van der Waals surface area contributed by atoms with Gasteiger partial charge in [-0.2, -0.15) is 0 Å². The molecule has 126 valence electrons. The van der Waals surface area contributed by atoms with Crippen molar-refractivity contribution in [2.24, 2.45) is 12.5 Å². The second-order valence-electron chi connectivity index (χ2n) is 7.74. The molecule has 2 saturated heterocycles. The molecule has 1 spiro atoms. The number of hydrogen-bond acceptors (Lipinski definition) is 3. The van der Waals surface area contributed by atoms with Crippen LogP contribution in [-0.2, 0) is 7.05 Å². The van der Waals surface area contributed by atoms with Crippen molar-refractivity contribution in [1.29, 1.82) is 0 Å². The Balaban J connectivity index is 1.30. The van der Waals surface area contributed by atoms with Crippen LogP contribution in [-0.4, -0.2) is 62.8 Å². The van der Waals surface area contributed by atoms with Gasteiger partial charge in [0.25, 0.3) is 0 Å². The number of amides is 1. The van der Waals surface area contributed by atoms with Crippen molar-refractivity contribution in [2.45, 2.75) is 44.1 Å². The second-order valence-corrected chi connectivity index (χ2v) is 7.74. The smallest absolute Gasteiger partial charge is 0.407 e. The number of piperidine rings is 1. The maximum absolute atomic E-state index is 11.0. The Bertz CT molecular complexity index is 585. The fourth-order valence-electron chi connectivity index (χ4n) is 4.97. The van der Waals surface area contributed by atoms with Gasteiger partial charge in [-0.1, -0.05) is 0 Å². The third-order valence-electron chi connectivity index (χ3n) is 6.27. The topological polar surface area (TPSA) is 61.6 Å². The molecule has 0 bridgehead atoms. The van der Waals surface area contributed by atoms with Gasteiger partial charge in [-0.15, -0.1) is 0 Å². The minimum absolute atomic E-state index is 0.291. The number of hydrogen-bond donors (Lipinski definition) is 1. The molecule has 3 fully saturated rings. The lowest BCUT2D eigenvalue weighted by Gasteiger charge is -2.47. The minimum atomic E-state index is -0.755. The van der Waals surface area contributed by atoms with Gasteiger partial charge in [0.05, 0.1) is 0 Å². The molecular formula is C17H26N4O2. The molecule has 1 amide bonds. The van der Waals surface area contributed by atoms with E-state index >= 15 is 0 Å². The number of aromatic nitrogens is 2. The van der Waals surface area contributed by atoms with Crippen LogP contribution in [0, 0.1) is 5.41 Å². The molecule has 0 aromatic carbocycles. The quantitative estimate of drug-likeness (QED) is 0.907. The molecule has 3 heterocycles. The predicted molar refractivity (Wildman–Crippen MR) is 86.4 cm³/mol. The number of carboxylic acid groups (broad SMARTS) is 1. The van der Waals surface area contributed by atoms with E-state index in [2.05, 4.69) is 21.5 Å². The SMILES string of the molecule is Cn1ccnc1C1CCN(C2CCC3(C2)CN(C(=O)O)C3)CC1. The Morgan fingerprint density at radius 1 is 1.30 bits per heavy atom. The zero-order valence-corrected chi connectivity index (χ0v) is 13.8. The lowest BCUT2D eigenvalue weighted by molar-refractivity contribution is 0.00809. The van der Waals surface area contributed by atoms with Crippen molar-refractivity contribution in [3.63, 3.8) is 0 Å². The summed E-state index contributed by atoms with van der Waals surface area (Å²) in [5.41, 5.74) is 0.291. The van der Waals surface area contributed by atoms with Crippen molar-refractivity contribution in [2.75, 3.05) is 26.2 Å². The van der Waals surface area contributed by atoms with Gasteiger partial charge in [-0.3, -0.25) is 0 Å². The summed E-state index contributed by atoms with van der Waals surface area (Å²) in [5.74, 6) is 1.82. The molecule has 0 radical (unpaired) electrons. The fraction of sp³-hybridized carbons (Fsp3) is 0.765. The number of nitrogens with zero attached hydrogens (tertiary/aromatic N) is 4. The monoisotopic (exact) mass is 318 g/mol. The molecule has 1 aromatic rings. The summed E-state index contributed by atoms with van der Waals surface area (Å²) in [4.78, 5) is 19.7. The van der Waals surface area contributed by atoms with E-state index in [1.165, 1.54) is 37.9 Å². The standard InChI is InChI=1S/C17H26N4O2/c1-19-9-6-18-15(19)13-3-7-20(8-4-13)14-2-5-17(10-14)11-21(12-17)16(22)23/h6,9,13-14H,2-5,7-8,10-12H2,1H3,(H,22,23). The van der Waals surface area contributed by atoms with Gasteiger partial charge >= 0.3 is 6.09 Å². The van der Waals surface area contributed by atoms with Crippen LogP contribution >= 0.6 is 0 Å². The summed E-state index contributed by atoms with van der Waals surface area (Å²) in [6.07, 6.45) is 9.17. The number of carbonyl (C=O) groups is 1. The molecular weight excluding hydrogens is 292 g/mol. The molecule has 1 aromatic heterocycles. The highest BCUT2D eigenvalue weighted by atomic mass is 16.4. The van der Waals surface area contributed by atoms with E-state index < -0.39 is 6.09 Å². The van der Waals surface area contributed by atoms with Crippen molar-refractivity contribution < 1.29 is 9.90 Å². The summed E-state index contributed by atoms with van der Waals surface area (Å²) in [7, 11) is 2.08. The van der Waals surface area contributed by atoms with Crippen LogP contribution < -0.4 is 0 Å². The minimum Gasteiger partial charge on any atom is -0.465 e. The molecule has 1 saturated carbocycles. The third kappa shape index (κ3) is 2.63. The Hall–Kier alpha value is -1.56. The molecule has 4 rings (SSSR count). The molecule has 1 aliphatic carbocycles. The predicted octanol–water partition coefficient (Wildman–Crippen LogP) is 2.13. The average molecular weight is 318 g/mol. The maximum atomic E-state index is 11.0. The van der Waals surface area contributed by atoms with E-state index in [0.29, 0.717) is 17.4 Å². The molecule has 1 N–H and O–H groups in total. The average Bonchev–Trinajstić information content (AvgIpc) is 3.12. The molecule has 6 nitrogen and oxygen atoms in total. The molecule has 3 aliphatic rings. The summed E-state index contributed by atoms with van der Waals surface area (Å²) in [5, 5.41) is 9.04. The van der Waals surface area contributed by atoms with Gasteiger partial charge in [-0.05, 0) is 45.2 Å². The van der Waals surface area contributed by atoms with Crippen molar-refractivity contribution in [1.82, 2.24) is 19.4 Å². The van der Waals surface area contributed by atoms with Crippen molar-refractivity contribution >= 4 is 6.09 Å². The molecule has 1 atom stereocenters. The summed E-state index contributed by atoms with van der Waals surface area (Å²) < 4.78 is 2.15. The molecule has 6 heteroatoms. The molecule has 1 unspecified atom stereocenters. The highest BCUT2D eigenvalue weighted by molar-refractivity contribution is 5.66. The van der Waals surface area contributed by atoms with E-state index in [9.17, 15) is 4.79 Å². The summed E-state index contributed by atoms with van der Waals surface area (Å²) in [6.45, 7) is 3.81. The zero-order chi connectivity index (χ0) is 16.0. The van der Waals surface area contributed by atoms with Gasteiger partial charge in [0.1, 0.15) is 5.82 Å². The van der Waals surface area contributed by atoms with Crippen LogP contribution in [0.1, 0.15) is 43.8 Å². The van der Waals surface area contributed by atoms with Crippen molar-refractivity contribution in [3.8, 4) is 0 Å². The lowest BCUT2D eigenvalue weighted by Crippen LogP contribution is -2.57. The highest BCUT2D eigenvalue weighted by Crippen LogP contribution is 2.47. The Labute approximate surface area is 137 Å². The summed E-state index contributed by atoms with van der Waals surface area (Å²) >= 11 is 0. The van der Waals surface area contributed by atoms with Crippen molar-refractivity contribution in [3.05, 3.63) is 18.2 Å². The first-order valence-electron chi connectivity index (χ1n) is 8.75. The van der Waals surface area contributed by atoms with E-state index in [1.807, 2.05) is 12.4 Å². The first-order chi connectivity index (χ1) is 11.1. The van der Waals surface area contributed by atoms with Gasteiger partial charge in [0.2, 0.25) is 0 Å². The first-order valence-corrected chi connectivity index (χ1v) is 8.75. The maximum Gasteiger partial charge on any atom is 0.407 e.